The number of benzene rings is 1. The summed E-state index contributed by atoms with van der Waals surface area (Å²) in [4.78, 5) is 38.3. The van der Waals surface area contributed by atoms with Crippen LogP contribution in [0.5, 0.6) is 0 Å². The Bertz CT molecular complexity index is 597. The SMILES string of the molecule is CC(CNC(=O)CN1CCN(c2c[c-]ccc2)C(=O)C1)CC(=O)O.[U+2]. The maximum atomic E-state index is 12.2. The van der Waals surface area contributed by atoms with Crippen LogP contribution < -0.4 is 10.2 Å². The molecule has 0 bridgehead atoms. The van der Waals surface area contributed by atoms with Gasteiger partial charge in [-0.1, -0.05) is 12.6 Å². The van der Waals surface area contributed by atoms with Crippen molar-refractivity contribution in [3.8, 4) is 0 Å². The Hall–Kier alpha value is -1.36. The van der Waals surface area contributed by atoms with Crippen molar-refractivity contribution in [1.82, 2.24) is 10.2 Å². The molecule has 1 aromatic rings. The van der Waals surface area contributed by atoms with E-state index in [1.54, 1.807) is 28.9 Å². The van der Waals surface area contributed by atoms with Gasteiger partial charge >= 0.3 is 37.1 Å². The number of nitrogens with one attached hydrogen (secondary N) is 1. The van der Waals surface area contributed by atoms with Gasteiger partial charge in [0.15, 0.2) is 0 Å². The summed E-state index contributed by atoms with van der Waals surface area (Å²) in [5, 5.41) is 11.4. The van der Waals surface area contributed by atoms with Gasteiger partial charge in [-0.15, -0.1) is 6.07 Å². The van der Waals surface area contributed by atoms with Gasteiger partial charge in [-0.2, -0.15) is 24.3 Å². The molecule has 1 atom stereocenters. The molecule has 7 nitrogen and oxygen atoms in total. The average molecular weight is 570 g/mol. The van der Waals surface area contributed by atoms with Gasteiger partial charge in [0.25, 0.3) is 0 Å². The Labute approximate surface area is 171 Å². The maximum absolute atomic E-state index is 12.2. The second kappa shape index (κ2) is 10.6. The minimum Gasteiger partial charge on any atom is -0.481 e. The molecule has 0 spiro atoms. The maximum Gasteiger partial charge on any atom is 2.00 e. The third kappa shape index (κ3) is 7.19. The van der Waals surface area contributed by atoms with E-state index in [1.165, 1.54) is 0 Å². The van der Waals surface area contributed by atoms with Crippen molar-refractivity contribution in [2.45, 2.75) is 13.3 Å². The quantitative estimate of drug-likeness (QED) is 0.463. The molecule has 2 N–H and O–H groups in total. The Kier molecular flexibility index (Phi) is 9.19. The molecule has 0 saturated carbocycles. The molecule has 1 unspecified atom stereocenters. The zero-order chi connectivity index (χ0) is 17.5. The van der Waals surface area contributed by atoms with Crippen molar-refractivity contribution in [2.75, 3.05) is 37.6 Å². The number of carboxylic acids is 1. The van der Waals surface area contributed by atoms with Crippen LogP contribution in [-0.2, 0) is 14.4 Å². The van der Waals surface area contributed by atoms with Crippen molar-refractivity contribution in [3.63, 3.8) is 0 Å². The van der Waals surface area contributed by atoms with Crippen LogP contribution in [0, 0.1) is 43.1 Å². The van der Waals surface area contributed by atoms with Gasteiger partial charge in [0.2, 0.25) is 11.8 Å². The molecule has 1 aliphatic heterocycles. The zero-order valence-electron chi connectivity index (χ0n) is 14.2. The number of carbonyl (C=O) groups is 3. The Morgan fingerprint density at radius 1 is 1.40 bits per heavy atom. The van der Waals surface area contributed by atoms with Gasteiger partial charge in [0.05, 0.1) is 13.1 Å². The van der Waals surface area contributed by atoms with Crippen LogP contribution in [0.15, 0.2) is 24.3 Å². The molecular weight excluding hydrogens is 548 g/mol. The van der Waals surface area contributed by atoms with Crippen molar-refractivity contribution < 1.29 is 50.6 Å². The second-order valence-corrected chi connectivity index (χ2v) is 6.02. The summed E-state index contributed by atoms with van der Waals surface area (Å²) in [5.74, 6) is -1.25. The number of carboxylic acid groups (broad SMARTS) is 1. The molecule has 0 aromatic heterocycles. The fourth-order valence-corrected chi connectivity index (χ4v) is 2.60. The number of amides is 2. The summed E-state index contributed by atoms with van der Waals surface area (Å²) >= 11 is 0. The van der Waals surface area contributed by atoms with Crippen molar-refractivity contribution in [1.29, 1.82) is 0 Å². The van der Waals surface area contributed by atoms with E-state index >= 15 is 0 Å². The number of hydrogen-bond acceptors (Lipinski definition) is 4. The van der Waals surface area contributed by atoms with Gasteiger partial charge in [-0.05, 0) is 5.92 Å². The molecule has 132 valence electrons. The molecular formula is C17H22N3O4U+. The summed E-state index contributed by atoms with van der Waals surface area (Å²) in [6.07, 6.45) is 0.0194. The number of nitrogens with zero attached hydrogens (tertiary/aromatic N) is 2. The molecule has 25 heavy (non-hydrogen) atoms. The summed E-state index contributed by atoms with van der Waals surface area (Å²) in [5.41, 5.74) is 0.814. The van der Waals surface area contributed by atoms with Crippen LogP contribution in [0.25, 0.3) is 0 Å². The zero-order valence-corrected chi connectivity index (χ0v) is 18.4. The van der Waals surface area contributed by atoms with Gasteiger partial charge in [-0.25, -0.2) is 0 Å². The summed E-state index contributed by atoms with van der Waals surface area (Å²) in [6, 6.07) is 10.2. The predicted molar refractivity (Wildman–Crippen MR) is 88.5 cm³/mol. The molecule has 1 heterocycles. The average Bonchev–Trinajstić information content (AvgIpc) is 2.53. The monoisotopic (exact) mass is 570 g/mol. The van der Waals surface area contributed by atoms with E-state index in [-0.39, 0.29) is 68.4 Å². The van der Waals surface area contributed by atoms with E-state index in [0.29, 0.717) is 19.6 Å². The second-order valence-electron chi connectivity index (χ2n) is 6.02. The van der Waals surface area contributed by atoms with Crippen molar-refractivity contribution in [2.24, 2.45) is 5.92 Å². The molecule has 2 rings (SSSR count). The van der Waals surface area contributed by atoms with E-state index in [2.05, 4.69) is 11.4 Å². The third-order valence-corrected chi connectivity index (χ3v) is 3.84. The number of rotatable bonds is 7. The van der Waals surface area contributed by atoms with Crippen LogP contribution in [0.4, 0.5) is 5.69 Å². The molecule has 0 radical (unpaired) electrons. The molecule has 1 saturated heterocycles. The van der Waals surface area contributed by atoms with Crippen LogP contribution >= 0.6 is 0 Å². The molecule has 1 fully saturated rings. The molecule has 1 aliphatic rings. The summed E-state index contributed by atoms with van der Waals surface area (Å²) in [6.45, 7) is 3.55. The van der Waals surface area contributed by atoms with E-state index in [4.69, 9.17) is 5.11 Å². The Balaban J connectivity index is 0.00000312. The number of piperazine rings is 1. The van der Waals surface area contributed by atoms with Crippen LogP contribution in [0.1, 0.15) is 13.3 Å². The van der Waals surface area contributed by atoms with Crippen LogP contribution in [0.2, 0.25) is 0 Å². The van der Waals surface area contributed by atoms with Crippen molar-refractivity contribution in [3.05, 3.63) is 30.3 Å². The first-order valence-electron chi connectivity index (χ1n) is 7.93. The van der Waals surface area contributed by atoms with E-state index < -0.39 is 5.97 Å². The number of anilines is 1. The Morgan fingerprint density at radius 2 is 2.16 bits per heavy atom. The topological polar surface area (TPSA) is 90.0 Å². The van der Waals surface area contributed by atoms with Gasteiger partial charge < -0.3 is 15.3 Å². The minimum absolute atomic E-state index is 0. The first kappa shape index (κ1) is 21.7. The first-order valence-corrected chi connectivity index (χ1v) is 7.93. The van der Waals surface area contributed by atoms with Gasteiger partial charge in [0.1, 0.15) is 0 Å². The van der Waals surface area contributed by atoms with E-state index in [0.717, 1.165) is 5.69 Å². The fraction of sp³-hybridized carbons (Fsp3) is 0.471. The Morgan fingerprint density at radius 3 is 2.76 bits per heavy atom. The molecule has 0 aliphatic carbocycles. The molecule has 8 heteroatoms. The predicted octanol–water partition coefficient (Wildman–Crippen LogP) is 0.362. The normalized spacial score (nSPS) is 16.0. The molecule has 1 aromatic carbocycles. The summed E-state index contributed by atoms with van der Waals surface area (Å²) < 4.78 is 0. The fourth-order valence-electron chi connectivity index (χ4n) is 2.60. The van der Waals surface area contributed by atoms with Crippen LogP contribution in [0.3, 0.4) is 0 Å². The van der Waals surface area contributed by atoms with E-state index in [1.807, 2.05) is 12.1 Å². The first-order chi connectivity index (χ1) is 11.5. The van der Waals surface area contributed by atoms with E-state index in [9.17, 15) is 14.4 Å². The van der Waals surface area contributed by atoms with Gasteiger partial charge in [-0.3, -0.25) is 19.3 Å². The molecule has 2 amide bonds. The van der Waals surface area contributed by atoms with Crippen molar-refractivity contribution >= 4 is 23.5 Å². The van der Waals surface area contributed by atoms with Gasteiger partial charge in [0, 0.05) is 26.1 Å². The smallest absolute Gasteiger partial charge is 0.481 e. The standard InChI is InChI=1S/C17H22N3O4.U/c1-13(9-17(23)24)10-18-15(21)11-19-7-8-20(16(22)12-19)14-5-3-2-4-6-14;/h2-3,5-6,13H,7-12H2,1H3,(H,18,21)(H,23,24);/q-1;+2. The number of hydrogen-bond donors (Lipinski definition) is 2. The third-order valence-electron chi connectivity index (χ3n) is 3.84. The number of carbonyl (C=O) groups excluding carboxylic acids is 2. The minimum atomic E-state index is -0.878. The largest absolute Gasteiger partial charge is 2.00 e. The van der Waals surface area contributed by atoms with Crippen LogP contribution in [-0.4, -0.2) is 60.5 Å². The number of aliphatic carboxylic acids is 1. The summed E-state index contributed by atoms with van der Waals surface area (Å²) in [7, 11) is 0.